The topological polar surface area (TPSA) is 112 Å². The van der Waals surface area contributed by atoms with Crippen LogP contribution in [0.3, 0.4) is 0 Å². The molecule has 5 heterocycles. The number of methoxy groups -OCH3 is 1. The molecule has 5 aromatic rings. The van der Waals surface area contributed by atoms with Gasteiger partial charge in [0.25, 0.3) is 0 Å². The van der Waals surface area contributed by atoms with Crippen molar-refractivity contribution in [1.82, 2.24) is 24.9 Å². The number of hydrazine groups is 1. The minimum Gasteiger partial charge on any atom is -0.468 e. The van der Waals surface area contributed by atoms with Crippen molar-refractivity contribution in [3.63, 3.8) is 0 Å². The van der Waals surface area contributed by atoms with Gasteiger partial charge in [0.15, 0.2) is 18.4 Å². The highest BCUT2D eigenvalue weighted by Crippen LogP contribution is 2.42. The fourth-order valence-corrected chi connectivity index (χ4v) is 8.20. The van der Waals surface area contributed by atoms with Gasteiger partial charge in [-0.2, -0.15) is 9.97 Å². The van der Waals surface area contributed by atoms with Crippen LogP contribution < -0.4 is 14.5 Å². The number of benzene rings is 3. The molecule has 12 nitrogen and oxygen atoms in total. The Morgan fingerprint density at radius 2 is 1.88 bits per heavy atom. The highest BCUT2D eigenvalue weighted by Gasteiger charge is 2.49. The lowest BCUT2D eigenvalue weighted by Crippen LogP contribution is -2.48. The molecule has 0 spiro atoms. The summed E-state index contributed by atoms with van der Waals surface area (Å²) in [5, 5.41) is 4.23. The number of fused-ring (bicyclic) bond motifs is 3. The maximum atomic E-state index is 17.4. The molecule has 3 aliphatic heterocycles. The van der Waals surface area contributed by atoms with Gasteiger partial charge in [-0.15, -0.1) is 0 Å². The number of hydrogen-bond acceptors (Lipinski definition) is 11. The summed E-state index contributed by atoms with van der Waals surface area (Å²) in [5.41, 5.74) is 0.712. The summed E-state index contributed by atoms with van der Waals surface area (Å²) in [7, 11) is 1.49. The van der Waals surface area contributed by atoms with Crippen molar-refractivity contribution in [1.29, 1.82) is 0 Å². The van der Waals surface area contributed by atoms with E-state index in [1.54, 1.807) is 23.2 Å². The summed E-state index contributed by atoms with van der Waals surface area (Å²) in [6.07, 6.45) is 2.08. The summed E-state index contributed by atoms with van der Waals surface area (Å²) in [4.78, 5) is 29.9. The van der Waals surface area contributed by atoms with E-state index in [1.165, 1.54) is 24.4 Å². The van der Waals surface area contributed by atoms with Gasteiger partial charge < -0.3 is 23.7 Å². The van der Waals surface area contributed by atoms with Crippen LogP contribution in [-0.4, -0.2) is 103 Å². The first-order valence-corrected chi connectivity index (χ1v) is 18.9. The molecule has 3 aliphatic rings. The second kappa shape index (κ2) is 16.1. The molecule has 3 saturated heterocycles. The van der Waals surface area contributed by atoms with Crippen LogP contribution in [-0.2, 0) is 27.2 Å². The van der Waals surface area contributed by atoms with Gasteiger partial charge in [-0.1, -0.05) is 43.3 Å². The molecule has 0 N–H and O–H groups in total. The van der Waals surface area contributed by atoms with Crippen LogP contribution in [0.4, 0.5) is 23.8 Å². The Kier molecular flexibility index (Phi) is 10.8. The lowest BCUT2D eigenvalue weighted by atomic mass is 9.94. The van der Waals surface area contributed by atoms with E-state index in [9.17, 15) is 9.18 Å². The molecule has 3 fully saturated rings. The molecular weight excluding hydrogens is 729 g/mol. The summed E-state index contributed by atoms with van der Waals surface area (Å²) < 4.78 is 76.1. The first kappa shape index (κ1) is 37.7. The van der Waals surface area contributed by atoms with E-state index in [0.717, 1.165) is 24.9 Å². The number of aromatic nitrogens is 3. The molecular formula is C41H43F3N6O6. The van der Waals surface area contributed by atoms with E-state index >= 15 is 8.78 Å². The van der Waals surface area contributed by atoms with Crippen molar-refractivity contribution in [3.8, 4) is 23.0 Å². The molecule has 0 bridgehead atoms. The van der Waals surface area contributed by atoms with Gasteiger partial charge in [0, 0.05) is 31.8 Å². The van der Waals surface area contributed by atoms with E-state index in [1.807, 2.05) is 37.3 Å². The Morgan fingerprint density at radius 3 is 2.70 bits per heavy atom. The van der Waals surface area contributed by atoms with E-state index in [-0.39, 0.29) is 74.7 Å². The minimum atomic E-state index is -0.984. The van der Waals surface area contributed by atoms with Crippen LogP contribution in [0.5, 0.6) is 11.8 Å². The quantitative estimate of drug-likeness (QED) is 0.129. The van der Waals surface area contributed by atoms with Gasteiger partial charge >= 0.3 is 12.1 Å². The number of anilines is 1. The molecule has 0 radical (unpaired) electrons. The van der Waals surface area contributed by atoms with E-state index in [2.05, 4.69) is 14.9 Å². The average Bonchev–Trinajstić information content (AvgIpc) is 3.62. The number of amides is 1. The van der Waals surface area contributed by atoms with E-state index < -0.39 is 29.4 Å². The third-order valence-electron chi connectivity index (χ3n) is 10.8. The zero-order chi connectivity index (χ0) is 38.8. The van der Waals surface area contributed by atoms with Crippen LogP contribution in [0, 0.1) is 11.6 Å². The molecule has 2 aromatic heterocycles. The Morgan fingerprint density at radius 1 is 1.04 bits per heavy atom. The molecule has 0 saturated carbocycles. The molecule has 0 aliphatic carbocycles. The lowest BCUT2D eigenvalue weighted by molar-refractivity contribution is 0.0512. The third-order valence-corrected chi connectivity index (χ3v) is 10.8. The highest BCUT2D eigenvalue weighted by atomic mass is 19.1. The number of ether oxygens (including phenoxy) is 5. The van der Waals surface area contributed by atoms with Crippen molar-refractivity contribution in [2.75, 3.05) is 64.9 Å². The first-order valence-electron chi connectivity index (χ1n) is 18.9. The van der Waals surface area contributed by atoms with Crippen LogP contribution in [0.15, 0.2) is 60.8 Å². The van der Waals surface area contributed by atoms with Gasteiger partial charge in [-0.05, 0) is 65.9 Å². The first-order chi connectivity index (χ1) is 27.3. The maximum absolute atomic E-state index is 17.4. The van der Waals surface area contributed by atoms with Crippen LogP contribution in [0.1, 0.15) is 37.3 Å². The summed E-state index contributed by atoms with van der Waals surface area (Å²) in [6.45, 7) is 3.66. The van der Waals surface area contributed by atoms with Crippen molar-refractivity contribution in [2.24, 2.45) is 0 Å². The van der Waals surface area contributed by atoms with Crippen molar-refractivity contribution >= 4 is 33.6 Å². The third kappa shape index (κ3) is 7.26. The number of pyridine rings is 1. The summed E-state index contributed by atoms with van der Waals surface area (Å²) >= 11 is 0. The second-order valence-electron chi connectivity index (χ2n) is 14.3. The zero-order valence-electron chi connectivity index (χ0n) is 31.3. The molecule has 15 heteroatoms. The number of hydrogen-bond donors (Lipinski definition) is 0. The fraction of sp³-hybridized carbons (Fsp3) is 0.415. The van der Waals surface area contributed by atoms with Gasteiger partial charge in [0.1, 0.15) is 42.2 Å². The number of carbonyl (C=O) groups is 1. The SMILES string of the molecule is CCc1c(F)ccc2cc(OCOC)cc(-c3ncc4c(N5CCOCCN5C(=O)OCc5ccccc5)nc(OC[C@@]56CCCN5C[C@H](F)C6)nc4c3F)c12. The zero-order valence-corrected chi connectivity index (χ0v) is 31.3. The predicted octanol–water partition coefficient (Wildman–Crippen LogP) is 7.01. The monoisotopic (exact) mass is 772 g/mol. The molecule has 56 heavy (non-hydrogen) atoms. The number of aryl methyl sites for hydroxylation is 1. The molecule has 2 atom stereocenters. The Hall–Kier alpha value is -5.25. The van der Waals surface area contributed by atoms with Gasteiger partial charge in [-0.3, -0.25) is 14.9 Å². The largest absolute Gasteiger partial charge is 0.468 e. The van der Waals surface area contributed by atoms with E-state index in [0.29, 0.717) is 47.0 Å². The Balaban J connectivity index is 1.26. The Labute approximate surface area is 322 Å². The predicted molar refractivity (Wildman–Crippen MR) is 202 cm³/mol. The molecule has 294 valence electrons. The number of halogens is 3. The number of rotatable bonds is 11. The van der Waals surface area contributed by atoms with Crippen LogP contribution in [0.25, 0.3) is 32.9 Å². The average molecular weight is 773 g/mol. The van der Waals surface area contributed by atoms with Crippen LogP contribution >= 0.6 is 0 Å². The van der Waals surface area contributed by atoms with Crippen LogP contribution in [0.2, 0.25) is 0 Å². The highest BCUT2D eigenvalue weighted by molar-refractivity contribution is 6.02. The van der Waals surface area contributed by atoms with Crippen molar-refractivity contribution < 1.29 is 41.7 Å². The van der Waals surface area contributed by atoms with Gasteiger partial charge in [-0.25, -0.2) is 23.0 Å². The Bertz CT molecular complexity index is 2230. The van der Waals surface area contributed by atoms with Gasteiger partial charge in [0.2, 0.25) is 0 Å². The molecule has 8 rings (SSSR count). The van der Waals surface area contributed by atoms with E-state index in [4.69, 9.17) is 28.7 Å². The lowest BCUT2D eigenvalue weighted by Gasteiger charge is -2.33. The maximum Gasteiger partial charge on any atom is 0.429 e. The van der Waals surface area contributed by atoms with Gasteiger partial charge in [0.05, 0.1) is 37.2 Å². The minimum absolute atomic E-state index is 0.0267. The smallest absolute Gasteiger partial charge is 0.429 e. The summed E-state index contributed by atoms with van der Waals surface area (Å²) in [6, 6.07) is 15.5. The second-order valence-corrected chi connectivity index (χ2v) is 14.3. The fourth-order valence-electron chi connectivity index (χ4n) is 8.20. The number of nitrogens with zero attached hydrogens (tertiary/aromatic N) is 6. The van der Waals surface area contributed by atoms with Crippen molar-refractivity contribution in [2.45, 2.75) is 50.9 Å². The molecule has 0 unspecified atom stereocenters. The number of alkyl halides is 1. The molecule has 1 amide bonds. The normalized spacial score (nSPS) is 20.1. The van der Waals surface area contributed by atoms with Crippen molar-refractivity contribution in [3.05, 3.63) is 83.6 Å². The molecule has 3 aromatic carbocycles. The standard InChI is InChI=1S/C41H43F3N6O6/c1-3-30-33(43)11-10-27-18-29(56-25-52-2)19-31(34(27)30)36-35(44)37-32(21-45-36)38(47-39(46-37)55-24-41-12-7-13-48(41)22-28(42)20-41)49-14-16-53-17-15-50(49)40(51)54-23-26-8-5-4-6-9-26/h4-6,8-11,18-19,21,28H,3,7,12-17,20,22-25H2,1-2H3/t28-,41+/m1/s1. The summed E-state index contributed by atoms with van der Waals surface area (Å²) in [5.74, 6) is -0.738. The number of carbonyl (C=O) groups excluding carboxylic acids is 1.